The molecule has 4 heteroatoms. The van der Waals surface area contributed by atoms with Crippen LogP contribution in [-0.2, 0) is 4.79 Å². The fraction of sp³-hybridized carbons (Fsp3) is 0.500. The summed E-state index contributed by atoms with van der Waals surface area (Å²) in [4.78, 5) is 13.7. The number of hydrogen-bond acceptors (Lipinski definition) is 2. The minimum absolute atomic E-state index is 0.102. The number of nitrogens with zero attached hydrogens (tertiary/aromatic N) is 1. The van der Waals surface area contributed by atoms with Gasteiger partial charge in [0.15, 0.2) is 0 Å². The van der Waals surface area contributed by atoms with Gasteiger partial charge in [-0.15, -0.1) is 0 Å². The zero-order valence-electron chi connectivity index (χ0n) is 10.6. The summed E-state index contributed by atoms with van der Waals surface area (Å²) in [6, 6.07) is 5.98. The minimum Gasteiger partial charge on any atom is -0.334 e. The second-order valence-corrected chi connectivity index (χ2v) is 4.81. The van der Waals surface area contributed by atoms with Crippen molar-refractivity contribution in [3.05, 3.63) is 35.6 Å². The standard InChI is InChI=1S/C14H19FN2O/c1-2-3-8-17-13(18)9-12(16)14(17)10-4-6-11(15)7-5-10/h4-7,12,14H,2-3,8-9,16H2,1H3. The first kappa shape index (κ1) is 13.0. The van der Waals surface area contributed by atoms with E-state index in [4.69, 9.17) is 5.73 Å². The van der Waals surface area contributed by atoms with Crippen molar-refractivity contribution < 1.29 is 9.18 Å². The van der Waals surface area contributed by atoms with E-state index < -0.39 is 0 Å². The van der Waals surface area contributed by atoms with Crippen molar-refractivity contribution in [2.75, 3.05) is 6.54 Å². The molecule has 2 rings (SSSR count). The van der Waals surface area contributed by atoms with Crippen LogP contribution in [0.25, 0.3) is 0 Å². The summed E-state index contributed by atoms with van der Waals surface area (Å²) in [7, 11) is 0. The molecule has 98 valence electrons. The van der Waals surface area contributed by atoms with Gasteiger partial charge in [0.1, 0.15) is 5.82 Å². The van der Waals surface area contributed by atoms with Crippen LogP contribution < -0.4 is 5.73 Å². The molecule has 1 amide bonds. The molecule has 0 aliphatic carbocycles. The van der Waals surface area contributed by atoms with E-state index in [1.807, 2.05) is 4.90 Å². The van der Waals surface area contributed by atoms with Gasteiger partial charge in [0.05, 0.1) is 6.04 Å². The van der Waals surface area contributed by atoms with Gasteiger partial charge in [0, 0.05) is 19.0 Å². The van der Waals surface area contributed by atoms with E-state index in [-0.39, 0.29) is 23.8 Å². The third kappa shape index (κ3) is 2.53. The highest BCUT2D eigenvalue weighted by Crippen LogP contribution is 2.32. The summed E-state index contributed by atoms with van der Waals surface area (Å²) in [6.07, 6.45) is 2.39. The van der Waals surface area contributed by atoms with Crippen LogP contribution >= 0.6 is 0 Å². The van der Waals surface area contributed by atoms with Crippen molar-refractivity contribution in [1.29, 1.82) is 0 Å². The molecule has 0 aromatic heterocycles. The van der Waals surface area contributed by atoms with E-state index >= 15 is 0 Å². The number of benzene rings is 1. The van der Waals surface area contributed by atoms with Gasteiger partial charge in [-0.2, -0.15) is 0 Å². The van der Waals surface area contributed by atoms with E-state index in [2.05, 4.69) is 6.92 Å². The van der Waals surface area contributed by atoms with E-state index in [1.165, 1.54) is 12.1 Å². The van der Waals surface area contributed by atoms with Gasteiger partial charge in [0.2, 0.25) is 5.91 Å². The van der Waals surface area contributed by atoms with Crippen molar-refractivity contribution in [1.82, 2.24) is 4.90 Å². The number of halogens is 1. The van der Waals surface area contributed by atoms with Crippen LogP contribution in [0.15, 0.2) is 24.3 Å². The van der Waals surface area contributed by atoms with Gasteiger partial charge in [-0.3, -0.25) is 4.79 Å². The molecule has 0 bridgehead atoms. The van der Waals surface area contributed by atoms with E-state index in [0.717, 1.165) is 24.9 Å². The van der Waals surface area contributed by atoms with Crippen LogP contribution in [0, 0.1) is 5.82 Å². The Balaban J connectivity index is 2.22. The van der Waals surface area contributed by atoms with E-state index in [1.54, 1.807) is 12.1 Å². The van der Waals surface area contributed by atoms with Gasteiger partial charge in [0.25, 0.3) is 0 Å². The second-order valence-electron chi connectivity index (χ2n) is 4.81. The number of carbonyl (C=O) groups is 1. The number of rotatable bonds is 4. The fourth-order valence-corrected chi connectivity index (χ4v) is 2.50. The molecule has 1 heterocycles. The van der Waals surface area contributed by atoms with Crippen molar-refractivity contribution in [2.45, 2.75) is 38.3 Å². The SMILES string of the molecule is CCCCN1C(=O)CC(N)C1c1ccc(F)cc1. The normalized spacial score (nSPS) is 23.7. The predicted molar refractivity (Wildman–Crippen MR) is 68.4 cm³/mol. The lowest BCUT2D eigenvalue weighted by atomic mass is 10.0. The number of amides is 1. The molecule has 1 saturated heterocycles. The Morgan fingerprint density at radius 2 is 2.06 bits per heavy atom. The highest BCUT2D eigenvalue weighted by atomic mass is 19.1. The average Bonchev–Trinajstić information content (AvgIpc) is 2.62. The molecular weight excluding hydrogens is 231 g/mol. The van der Waals surface area contributed by atoms with E-state index in [0.29, 0.717) is 6.42 Å². The van der Waals surface area contributed by atoms with Crippen LogP contribution in [0.5, 0.6) is 0 Å². The van der Waals surface area contributed by atoms with Crippen molar-refractivity contribution in [3.63, 3.8) is 0 Å². The topological polar surface area (TPSA) is 46.3 Å². The number of nitrogens with two attached hydrogens (primary N) is 1. The van der Waals surface area contributed by atoms with Gasteiger partial charge in [-0.05, 0) is 24.1 Å². The third-order valence-electron chi connectivity index (χ3n) is 3.44. The first-order valence-electron chi connectivity index (χ1n) is 6.44. The molecular formula is C14H19FN2O. The molecule has 1 aliphatic heterocycles. The molecule has 0 spiro atoms. The summed E-state index contributed by atoms with van der Waals surface area (Å²) in [6.45, 7) is 2.82. The summed E-state index contributed by atoms with van der Waals surface area (Å²) in [5.74, 6) is -0.165. The first-order valence-corrected chi connectivity index (χ1v) is 6.44. The molecule has 0 radical (unpaired) electrons. The van der Waals surface area contributed by atoms with Crippen LogP contribution in [0.3, 0.4) is 0 Å². The Kier molecular flexibility index (Phi) is 3.97. The summed E-state index contributed by atoms with van der Waals surface area (Å²) >= 11 is 0. The lowest BCUT2D eigenvalue weighted by molar-refractivity contribution is -0.129. The summed E-state index contributed by atoms with van der Waals surface area (Å²) in [5.41, 5.74) is 6.97. The Hall–Kier alpha value is -1.42. The van der Waals surface area contributed by atoms with E-state index in [9.17, 15) is 9.18 Å². The Morgan fingerprint density at radius 1 is 1.39 bits per heavy atom. The summed E-state index contributed by atoms with van der Waals surface area (Å²) in [5, 5.41) is 0. The number of carbonyl (C=O) groups excluding carboxylic acids is 1. The maximum atomic E-state index is 12.9. The average molecular weight is 250 g/mol. The third-order valence-corrected chi connectivity index (χ3v) is 3.44. The molecule has 18 heavy (non-hydrogen) atoms. The number of hydrogen-bond donors (Lipinski definition) is 1. The van der Waals surface area contributed by atoms with Crippen molar-refractivity contribution >= 4 is 5.91 Å². The molecule has 1 aromatic rings. The second kappa shape index (κ2) is 5.48. The van der Waals surface area contributed by atoms with Crippen LogP contribution in [-0.4, -0.2) is 23.4 Å². The largest absolute Gasteiger partial charge is 0.334 e. The van der Waals surface area contributed by atoms with Gasteiger partial charge < -0.3 is 10.6 Å². The van der Waals surface area contributed by atoms with Gasteiger partial charge in [-0.1, -0.05) is 25.5 Å². The number of likely N-dealkylation sites (tertiary alicyclic amines) is 1. The summed E-state index contributed by atoms with van der Waals surface area (Å²) < 4.78 is 12.9. The quantitative estimate of drug-likeness (QED) is 0.890. The first-order chi connectivity index (χ1) is 8.63. The molecule has 2 unspecified atom stereocenters. The fourth-order valence-electron chi connectivity index (χ4n) is 2.50. The Labute approximate surface area is 107 Å². The molecule has 2 atom stereocenters. The van der Waals surface area contributed by atoms with Crippen molar-refractivity contribution in [3.8, 4) is 0 Å². The molecule has 0 saturated carbocycles. The monoisotopic (exact) mass is 250 g/mol. The molecule has 3 nitrogen and oxygen atoms in total. The zero-order chi connectivity index (χ0) is 13.1. The van der Waals surface area contributed by atoms with Crippen LogP contribution in [0.1, 0.15) is 37.8 Å². The minimum atomic E-state index is -0.267. The highest BCUT2D eigenvalue weighted by Gasteiger charge is 2.37. The van der Waals surface area contributed by atoms with Gasteiger partial charge >= 0.3 is 0 Å². The molecule has 1 aliphatic rings. The highest BCUT2D eigenvalue weighted by molar-refractivity contribution is 5.80. The van der Waals surface area contributed by atoms with Gasteiger partial charge in [-0.25, -0.2) is 4.39 Å². The molecule has 1 fully saturated rings. The lowest BCUT2D eigenvalue weighted by Gasteiger charge is -2.27. The lowest BCUT2D eigenvalue weighted by Crippen LogP contribution is -2.33. The maximum Gasteiger partial charge on any atom is 0.224 e. The zero-order valence-corrected chi connectivity index (χ0v) is 10.6. The molecule has 1 aromatic carbocycles. The Morgan fingerprint density at radius 3 is 2.67 bits per heavy atom. The van der Waals surface area contributed by atoms with Crippen LogP contribution in [0.2, 0.25) is 0 Å². The predicted octanol–water partition coefficient (Wildman–Crippen LogP) is 2.23. The molecule has 2 N–H and O–H groups in total. The van der Waals surface area contributed by atoms with Crippen LogP contribution in [0.4, 0.5) is 4.39 Å². The van der Waals surface area contributed by atoms with Crippen molar-refractivity contribution in [2.24, 2.45) is 5.73 Å². The Bertz CT molecular complexity index is 418. The number of unbranched alkanes of at least 4 members (excludes halogenated alkanes) is 1. The smallest absolute Gasteiger partial charge is 0.224 e. The maximum absolute atomic E-state index is 12.9.